The maximum Gasteiger partial charge on any atom is 0.343 e. The van der Waals surface area contributed by atoms with Gasteiger partial charge in [-0.1, -0.05) is 18.2 Å². The minimum Gasteiger partial charge on any atom is -0.508 e. The molecule has 2 saturated heterocycles. The van der Waals surface area contributed by atoms with Gasteiger partial charge in [0.05, 0.1) is 25.0 Å². The first kappa shape index (κ1) is 29.4. The molecule has 0 bridgehead atoms. The van der Waals surface area contributed by atoms with E-state index in [4.69, 9.17) is 23.7 Å². The summed E-state index contributed by atoms with van der Waals surface area (Å²) in [6.45, 7) is 3.27. The summed E-state index contributed by atoms with van der Waals surface area (Å²) in [5.41, 5.74) is 0.119. The van der Waals surface area contributed by atoms with Gasteiger partial charge < -0.3 is 54.3 Å². The van der Waals surface area contributed by atoms with Crippen molar-refractivity contribution in [3.8, 4) is 28.4 Å². The van der Waals surface area contributed by atoms with E-state index in [0.717, 1.165) is 6.07 Å². The molecule has 5 rings (SSSR count). The van der Waals surface area contributed by atoms with E-state index in [1.807, 2.05) is 0 Å². The van der Waals surface area contributed by atoms with Crippen LogP contribution in [0.4, 0.5) is 0 Å². The zero-order valence-corrected chi connectivity index (χ0v) is 22.1. The summed E-state index contributed by atoms with van der Waals surface area (Å²) in [4.78, 5) is 25.7. The molecule has 3 aliphatic rings. The minimum absolute atomic E-state index is 0.00458. The molecule has 13 nitrogen and oxygen atoms in total. The second-order valence-corrected chi connectivity index (χ2v) is 10.1. The number of hydrogen-bond donors (Lipinski definition) is 6. The zero-order chi connectivity index (χ0) is 30.1. The third-order valence-corrected chi connectivity index (χ3v) is 7.48. The number of benzene rings is 2. The van der Waals surface area contributed by atoms with Crippen molar-refractivity contribution in [3.63, 3.8) is 0 Å². The van der Waals surface area contributed by atoms with Gasteiger partial charge in [-0.05, 0) is 30.2 Å². The lowest BCUT2D eigenvalue weighted by molar-refractivity contribution is -0.338. The van der Waals surface area contributed by atoms with Crippen molar-refractivity contribution >= 4 is 11.9 Å². The van der Waals surface area contributed by atoms with E-state index < -0.39 is 72.8 Å². The van der Waals surface area contributed by atoms with Gasteiger partial charge in [-0.15, -0.1) is 6.58 Å². The third kappa shape index (κ3) is 5.52. The lowest BCUT2D eigenvalue weighted by atomic mass is 9.81. The van der Waals surface area contributed by atoms with E-state index in [1.54, 1.807) is 0 Å². The number of hydrogen-bond acceptors (Lipinski definition) is 13. The highest BCUT2D eigenvalue weighted by Crippen LogP contribution is 2.40. The number of ether oxygens (including phenoxy) is 5. The fraction of sp³-hybridized carbons (Fsp3) is 0.379. The van der Waals surface area contributed by atoms with Crippen molar-refractivity contribution in [1.82, 2.24) is 0 Å². The van der Waals surface area contributed by atoms with Gasteiger partial charge in [0.25, 0.3) is 0 Å². The molecular formula is C29H30O13. The number of aliphatic hydroxyl groups is 3. The van der Waals surface area contributed by atoms with E-state index in [1.165, 1.54) is 42.7 Å². The molecule has 0 amide bonds. The summed E-state index contributed by atoms with van der Waals surface area (Å²) in [6, 6.07) is 7.77. The van der Waals surface area contributed by atoms with Crippen molar-refractivity contribution in [2.45, 2.75) is 43.4 Å². The number of fused-ring (bicyclic) bond motifs is 1. The highest BCUT2D eigenvalue weighted by Gasteiger charge is 2.50. The summed E-state index contributed by atoms with van der Waals surface area (Å²) < 4.78 is 27.9. The second kappa shape index (κ2) is 12.0. The van der Waals surface area contributed by atoms with Crippen LogP contribution in [0.1, 0.15) is 16.8 Å². The molecule has 2 aromatic rings. The summed E-state index contributed by atoms with van der Waals surface area (Å²) in [5, 5.41) is 61.9. The first-order valence-electron chi connectivity index (χ1n) is 13.1. The van der Waals surface area contributed by atoms with E-state index in [2.05, 4.69) is 6.58 Å². The molecule has 0 spiro atoms. The van der Waals surface area contributed by atoms with E-state index >= 15 is 0 Å². The van der Waals surface area contributed by atoms with Gasteiger partial charge in [0, 0.05) is 23.5 Å². The Bertz CT molecular complexity index is 1390. The van der Waals surface area contributed by atoms with Crippen molar-refractivity contribution in [1.29, 1.82) is 0 Å². The van der Waals surface area contributed by atoms with Gasteiger partial charge >= 0.3 is 11.9 Å². The maximum absolute atomic E-state index is 13.5. The quantitative estimate of drug-likeness (QED) is 0.199. The van der Waals surface area contributed by atoms with Crippen molar-refractivity contribution in [2.24, 2.45) is 11.8 Å². The largest absolute Gasteiger partial charge is 0.508 e. The Labute approximate surface area is 239 Å². The molecule has 3 heterocycles. The number of aromatic hydroxyl groups is 3. The van der Waals surface area contributed by atoms with Crippen LogP contribution in [0.5, 0.6) is 17.2 Å². The molecule has 2 fully saturated rings. The molecule has 6 N–H and O–H groups in total. The average molecular weight is 587 g/mol. The summed E-state index contributed by atoms with van der Waals surface area (Å²) in [5.74, 6) is -3.88. The van der Waals surface area contributed by atoms with Crippen LogP contribution in [0, 0.1) is 11.8 Å². The smallest absolute Gasteiger partial charge is 0.343 e. The Hall–Kier alpha value is -4.14. The molecule has 2 aromatic carbocycles. The molecule has 0 saturated carbocycles. The van der Waals surface area contributed by atoms with Crippen LogP contribution in [0.3, 0.4) is 0 Å². The zero-order valence-electron chi connectivity index (χ0n) is 22.1. The average Bonchev–Trinajstić information content (AvgIpc) is 2.96. The van der Waals surface area contributed by atoms with Crippen molar-refractivity contribution < 1.29 is 63.9 Å². The van der Waals surface area contributed by atoms with Gasteiger partial charge in [-0.3, -0.25) is 0 Å². The van der Waals surface area contributed by atoms with E-state index in [0.29, 0.717) is 12.0 Å². The molecule has 3 unspecified atom stereocenters. The Morgan fingerprint density at radius 2 is 1.86 bits per heavy atom. The second-order valence-electron chi connectivity index (χ2n) is 10.1. The topological polar surface area (TPSA) is 202 Å². The van der Waals surface area contributed by atoms with E-state index in [-0.39, 0.29) is 35.2 Å². The Balaban J connectivity index is 1.46. The van der Waals surface area contributed by atoms with Crippen LogP contribution in [0.25, 0.3) is 11.1 Å². The number of phenolic OH excluding ortho intramolecular Hbond substituents is 3. The van der Waals surface area contributed by atoms with Crippen LogP contribution >= 0.6 is 0 Å². The van der Waals surface area contributed by atoms with Crippen LogP contribution < -0.4 is 0 Å². The Morgan fingerprint density at radius 3 is 2.57 bits per heavy atom. The number of rotatable bonds is 7. The van der Waals surface area contributed by atoms with Gasteiger partial charge in [0.1, 0.15) is 41.1 Å². The first-order valence-corrected chi connectivity index (χ1v) is 13.1. The number of carbonyl (C=O) groups excluding carboxylic acids is 2. The number of cyclic esters (lactones) is 1. The van der Waals surface area contributed by atoms with Crippen LogP contribution in [-0.4, -0.2) is 92.8 Å². The van der Waals surface area contributed by atoms with Gasteiger partial charge in [0.15, 0.2) is 6.10 Å². The number of esters is 2. The number of phenols is 3. The lowest BCUT2D eigenvalue weighted by Gasteiger charge is -2.44. The summed E-state index contributed by atoms with van der Waals surface area (Å²) in [6.07, 6.45) is -6.13. The molecule has 42 heavy (non-hydrogen) atoms. The SMILES string of the molecule is C=C[C@H]1[C@H](O[C@@H]2OC(CO)[C@@H](O)C(O)C2OC(=O)c2c(O)cc(O)cc2-c2cccc(O)c2)OC=C2C(=O)OCC[C@H]21. The highest BCUT2D eigenvalue weighted by molar-refractivity contribution is 6.00. The predicted octanol–water partition coefficient (Wildman–Crippen LogP) is 1.06. The van der Waals surface area contributed by atoms with Gasteiger partial charge in [-0.25, -0.2) is 9.59 Å². The normalized spacial score (nSPS) is 30.7. The molecule has 8 atom stereocenters. The lowest BCUT2D eigenvalue weighted by Crippen LogP contribution is -2.61. The molecule has 0 aliphatic carbocycles. The standard InChI is InChI=1S/C29H30O13/c1-2-16-17-6-7-38-26(36)19(17)12-39-28(16)42-29-25(24(35)23(34)21(11-30)40-29)41-27(37)22-18(9-15(32)10-20(22)33)13-4-3-5-14(31)8-13/h2-5,8-10,12,16-17,21,23-25,28-35H,1,6-7,11H2/t16-,17+,21?,23-,24?,25?,28+,29+/m1/s1. The first-order chi connectivity index (χ1) is 20.1. The monoisotopic (exact) mass is 586 g/mol. The van der Waals surface area contributed by atoms with Crippen molar-refractivity contribution in [3.05, 3.63) is 66.5 Å². The summed E-state index contributed by atoms with van der Waals surface area (Å²) in [7, 11) is 0. The molecule has 13 heteroatoms. The minimum atomic E-state index is -1.82. The predicted molar refractivity (Wildman–Crippen MR) is 141 cm³/mol. The number of aliphatic hydroxyl groups excluding tert-OH is 3. The van der Waals surface area contributed by atoms with Crippen LogP contribution in [0.2, 0.25) is 0 Å². The number of carbonyl (C=O) groups is 2. The fourth-order valence-corrected chi connectivity index (χ4v) is 5.36. The molecule has 0 radical (unpaired) electrons. The maximum atomic E-state index is 13.5. The molecule has 3 aliphatic heterocycles. The van der Waals surface area contributed by atoms with Crippen LogP contribution in [-0.2, 0) is 28.5 Å². The molecule has 0 aromatic heterocycles. The Morgan fingerprint density at radius 1 is 1.07 bits per heavy atom. The van der Waals surface area contributed by atoms with Crippen LogP contribution in [0.15, 0.2) is 60.9 Å². The molecular weight excluding hydrogens is 556 g/mol. The van der Waals surface area contributed by atoms with Crippen molar-refractivity contribution in [2.75, 3.05) is 13.2 Å². The van der Waals surface area contributed by atoms with Gasteiger partial charge in [-0.2, -0.15) is 0 Å². The third-order valence-electron chi connectivity index (χ3n) is 7.48. The Kier molecular flexibility index (Phi) is 8.38. The summed E-state index contributed by atoms with van der Waals surface area (Å²) >= 11 is 0. The molecule has 224 valence electrons. The fourth-order valence-electron chi connectivity index (χ4n) is 5.36. The highest BCUT2D eigenvalue weighted by atomic mass is 16.8. The van der Waals surface area contributed by atoms with Gasteiger partial charge in [0.2, 0.25) is 12.6 Å². The van der Waals surface area contributed by atoms with E-state index in [9.17, 15) is 40.2 Å².